The quantitative estimate of drug-likeness (QED) is 0.917. The second kappa shape index (κ2) is 7.09. The molecule has 3 rings (SSSR count). The number of halogens is 3. The largest absolute Gasteiger partial charge is 0.493 e. The van der Waals surface area contributed by atoms with Crippen LogP contribution < -0.4 is 10.1 Å². The molecule has 2 aliphatic heterocycles. The van der Waals surface area contributed by atoms with Gasteiger partial charge >= 0.3 is 6.18 Å². The molecule has 23 heavy (non-hydrogen) atoms. The molecule has 1 saturated heterocycles. The van der Waals surface area contributed by atoms with Gasteiger partial charge < -0.3 is 10.1 Å². The summed E-state index contributed by atoms with van der Waals surface area (Å²) in [7, 11) is 0. The molecule has 1 aromatic carbocycles. The Morgan fingerprint density at radius 2 is 2.04 bits per heavy atom. The van der Waals surface area contributed by atoms with Crippen LogP contribution in [0.25, 0.3) is 0 Å². The maximum atomic E-state index is 12.5. The molecule has 2 heterocycles. The zero-order chi connectivity index (χ0) is 16.3. The maximum absolute atomic E-state index is 12.5. The van der Waals surface area contributed by atoms with Crippen molar-refractivity contribution in [2.75, 3.05) is 32.8 Å². The molecule has 1 aromatic rings. The minimum absolute atomic E-state index is 0.227. The van der Waals surface area contributed by atoms with Crippen molar-refractivity contribution in [2.45, 2.75) is 31.5 Å². The predicted octanol–water partition coefficient (Wildman–Crippen LogP) is 3.37. The lowest BCUT2D eigenvalue weighted by molar-refractivity contribution is -0.143. The molecule has 1 fully saturated rings. The molecule has 0 spiro atoms. The topological polar surface area (TPSA) is 24.5 Å². The summed E-state index contributed by atoms with van der Waals surface area (Å²) >= 11 is 0. The number of hydrogen-bond donors (Lipinski definition) is 1. The van der Waals surface area contributed by atoms with E-state index < -0.39 is 12.7 Å². The van der Waals surface area contributed by atoms with Crippen LogP contribution in [0, 0.1) is 5.92 Å². The van der Waals surface area contributed by atoms with Crippen LogP contribution in [0.3, 0.4) is 0 Å². The molecule has 0 aromatic heterocycles. The molecule has 0 bridgehead atoms. The van der Waals surface area contributed by atoms with Crippen LogP contribution in [0.2, 0.25) is 0 Å². The van der Waals surface area contributed by atoms with E-state index in [4.69, 9.17) is 4.74 Å². The Bertz CT molecular complexity index is 521. The minimum atomic E-state index is -4.10. The minimum Gasteiger partial charge on any atom is -0.493 e. The lowest BCUT2D eigenvalue weighted by Crippen LogP contribution is -2.34. The Hall–Kier alpha value is -1.27. The van der Waals surface area contributed by atoms with Gasteiger partial charge in [-0.05, 0) is 44.3 Å². The summed E-state index contributed by atoms with van der Waals surface area (Å²) in [5, 5.41) is 3.56. The molecular formula is C17H23F3N2O. The first-order chi connectivity index (χ1) is 11.0. The molecule has 2 atom stereocenters. The van der Waals surface area contributed by atoms with Crippen LogP contribution in [0.4, 0.5) is 13.2 Å². The summed E-state index contributed by atoms with van der Waals surface area (Å²) < 4.78 is 43.1. The normalized spacial score (nSPS) is 25.7. The fraction of sp³-hybridized carbons (Fsp3) is 0.647. The summed E-state index contributed by atoms with van der Waals surface area (Å²) in [5.41, 5.74) is 1.16. The molecule has 1 N–H and O–H groups in total. The van der Waals surface area contributed by atoms with Crippen molar-refractivity contribution in [1.82, 2.24) is 10.2 Å². The average Bonchev–Trinajstić information content (AvgIpc) is 2.81. The van der Waals surface area contributed by atoms with Gasteiger partial charge in [0.1, 0.15) is 5.75 Å². The van der Waals surface area contributed by atoms with Gasteiger partial charge in [0.15, 0.2) is 0 Å². The number of alkyl halides is 3. The van der Waals surface area contributed by atoms with Crippen molar-refractivity contribution < 1.29 is 17.9 Å². The molecule has 6 heteroatoms. The first kappa shape index (κ1) is 16.6. The fourth-order valence-corrected chi connectivity index (χ4v) is 3.52. The number of benzene rings is 1. The first-order valence-electron chi connectivity index (χ1n) is 8.25. The van der Waals surface area contributed by atoms with Crippen LogP contribution in [-0.4, -0.2) is 43.9 Å². The Morgan fingerprint density at radius 3 is 2.87 bits per heavy atom. The smallest absolute Gasteiger partial charge is 0.401 e. The van der Waals surface area contributed by atoms with Crippen molar-refractivity contribution in [2.24, 2.45) is 5.92 Å². The number of fused-ring (bicyclic) bond motifs is 1. The van der Waals surface area contributed by atoms with Crippen molar-refractivity contribution in [3.8, 4) is 5.75 Å². The molecular weight excluding hydrogens is 305 g/mol. The molecule has 0 unspecified atom stereocenters. The van der Waals surface area contributed by atoms with Gasteiger partial charge in [-0.1, -0.05) is 18.2 Å². The number of ether oxygens (including phenoxy) is 1. The van der Waals surface area contributed by atoms with Gasteiger partial charge in [-0.15, -0.1) is 0 Å². The van der Waals surface area contributed by atoms with Crippen LogP contribution in [-0.2, 0) is 0 Å². The van der Waals surface area contributed by atoms with Gasteiger partial charge in [-0.3, -0.25) is 4.90 Å². The summed E-state index contributed by atoms with van der Waals surface area (Å²) in [6.07, 6.45) is -1.29. The lowest BCUT2D eigenvalue weighted by Gasteiger charge is -2.21. The van der Waals surface area contributed by atoms with E-state index in [0.29, 0.717) is 13.1 Å². The van der Waals surface area contributed by atoms with E-state index >= 15 is 0 Å². The number of rotatable bonds is 4. The highest BCUT2D eigenvalue weighted by Crippen LogP contribution is 2.31. The second-order valence-electron chi connectivity index (χ2n) is 6.49. The van der Waals surface area contributed by atoms with Gasteiger partial charge in [0.25, 0.3) is 0 Å². The van der Waals surface area contributed by atoms with Gasteiger partial charge in [0.2, 0.25) is 0 Å². The third kappa shape index (κ3) is 4.61. The summed E-state index contributed by atoms with van der Waals surface area (Å²) in [6.45, 7) is 1.75. The zero-order valence-corrected chi connectivity index (χ0v) is 13.1. The molecule has 0 radical (unpaired) electrons. The number of nitrogens with zero attached hydrogens (tertiary/aromatic N) is 1. The maximum Gasteiger partial charge on any atom is 0.401 e. The van der Waals surface area contributed by atoms with Crippen molar-refractivity contribution in [3.63, 3.8) is 0 Å². The molecule has 0 aliphatic carbocycles. The predicted molar refractivity (Wildman–Crippen MR) is 82.5 cm³/mol. The molecule has 2 aliphatic rings. The van der Waals surface area contributed by atoms with Crippen molar-refractivity contribution in [1.29, 1.82) is 0 Å². The first-order valence-corrected chi connectivity index (χ1v) is 8.25. The van der Waals surface area contributed by atoms with E-state index in [1.54, 1.807) is 0 Å². The van der Waals surface area contributed by atoms with E-state index in [0.717, 1.165) is 43.7 Å². The van der Waals surface area contributed by atoms with Gasteiger partial charge in [0.05, 0.1) is 13.2 Å². The Labute approximate surface area is 134 Å². The van der Waals surface area contributed by atoms with Crippen LogP contribution in [0.15, 0.2) is 24.3 Å². The highest BCUT2D eigenvalue weighted by atomic mass is 19.4. The van der Waals surface area contributed by atoms with Crippen molar-refractivity contribution in [3.05, 3.63) is 29.8 Å². The Morgan fingerprint density at radius 1 is 1.22 bits per heavy atom. The average molecular weight is 328 g/mol. The number of hydrogen-bond acceptors (Lipinski definition) is 3. The van der Waals surface area contributed by atoms with E-state index in [1.807, 2.05) is 18.2 Å². The van der Waals surface area contributed by atoms with E-state index in [2.05, 4.69) is 11.4 Å². The van der Waals surface area contributed by atoms with Crippen LogP contribution >= 0.6 is 0 Å². The lowest BCUT2D eigenvalue weighted by atomic mass is 10.0. The zero-order valence-electron chi connectivity index (χ0n) is 13.1. The third-order valence-electron chi connectivity index (χ3n) is 4.61. The molecule has 0 saturated carbocycles. The third-order valence-corrected chi connectivity index (χ3v) is 4.61. The number of nitrogens with one attached hydrogen (secondary N) is 1. The van der Waals surface area contributed by atoms with E-state index in [1.165, 1.54) is 4.90 Å². The standard InChI is InChI=1S/C17H23F3N2O/c18-17(19,20)12-22-8-7-13(11-22)10-21-15-5-3-9-23-16-6-2-1-4-14(15)16/h1-2,4,6,13,15,21H,3,5,7-12H2/t13-,15+/m1/s1. The second-order valence-corrected chi connectivity index (χ2v) is 6.49. The highest BCUT2D eigenvalue weighted by Gasteiger charge is 2.34. The van der Waals surface area contributed by atoms with Gasteiger partial charge in [-0.25, -0.2) is 0 Å². The van der Waals surface area contributed by atoms with E-state index in [-0.39, 0.29) is 12.0 Å². The van der Waals surface area contributed by atoms with Gasteiger partial charge in [-0.2, -0.15) is 13.2 Å². The monoisotopic (exact) mass is 328 g/mol. The number of likely N-dealkylation sites (tertiary alicyclic amines) is 1. The van der Waals surface area contributed by atoms with Gasteiger partial charge in [0, 0.05) is 18.2 Å². The number of para-hydroxylation sites is 1. The van der Waals surface area contributed by atoms with Crippen molar-refractivity contribution >= 4 is 0 Å². The van der Waals surface area contributed by atoms with Crippen LogP contribution in [0.1, 0.15) is 30.9 Å². The SMILES string of the molecule is FC(F)(F)CN1CC[C@H](CN[C@H]2CCCOc3ccccc32)C1. The Kier molecular flexibility index (Phi) is 5.11. The molecule has 3 nitrogen and oxygen atoms in total. The fourth-order valence-electron chi connectivity index (χ4n) is 3.52. The Balaban J connectivity index is 1.53. The van der Waals surface area contributed by atoms with Crippen LogP contribution in [0.5, 0.6) is 5.75 Å². The van der Waals surface area contributed by atoms with E-state index in [9.17, 15) is 13.2 Å². The summed E-state index contributed by atoms with van der Waals surface area (Å²) in [6, 6.07) is 8.25. The summed E-state index contributed by atoms with van der Waals surface area (Å²) in [5.74, 6) is 1.21. The highest BCUT2D eigenvalue weighted by molar-refractivity contribution is 5.36. The molecule has 0 amide bonds. The summed E-state index contributed by atoms with van der Waals surface area (Å²) in [4.78, 5) is 1.51. The molecule has 128 valence electrons.